The van der Waals surface area contributed by atoms with E-state index in [0.717, 1.165) is 44.5 Å². The summed E-state index contributed by atoms with van der Waals surface area (Å²) in [6.45, 7) is 2.68. The lowest BCUT2D eigenvalue weighted by Crippen LogP contribution is -2.29. The van der Waals surface area contributed by atoms with Crippen molar-refractivity contribution in [2.24, 2.45) is 0 Å². The first-order valence-electron chi connectivity index (χ1n) is 7.36. The number of hydrogen-bond donors (Lipinski definition) is 1. The van der Waals surface area contributed by atoms with Gasteiger partial charge in [0.2, 0.25) is 0 Å². The zero-order valence-electron chi connectivity index (χ0n) is 11.9. The Kier molecular flexibility index (Phi) is 3.90. The quantitative estimate of drug-likeness (QED) is 0.910. The van der Waals surface area contributed by atoms with Gasteiger partial charge in [-0.05, 0) is 36.5 Å². The second-order valence-corrected chi connectivity index (χ2v) is 5.67. The van der Waals surface area contributed by atoms with Crippen LogP contribution in [0.25, 0.3) is 0 Å². The number of nitrogens with zero attached hydrogens (tertiary/aromatic N) is 2. The summed E-state index contributed by atoms with van der Waals surface area (Å²) >= 11 is 0. The van der Waals surface area contributed by atoms with Crippen LogP contribution in [0.2, 0.25) is 0 Å². The summed E-state index contributed by atoms with van der Waals surface area (Å²) in [5, 5.41) is 12.7. The molecule has 0 amide bonds. The molecule has 106 valence electrons. The molecule has 2 aliphatic heterocycles. The Morgan fingerprint density at radius 1 is 1.55 bits per heavy atom. The molecule has 4 heteroatoms. The molecule has 2 aliphatic rings. The van der Waals surface area contributed by atoms with Gasteiger partial charge in [-0.3, -0.25) is 5.32 Å². The van der Waals surface area contributed by atoms with Crippen molar-refractivity contribution in [3.8, 4) is 6.07 Å². The Balaban J connectivity index is 1.68. The van der Waals surface area contributed by atoms with Crippen molar-refractivity contribution in [3.63, 3.8) is 0 Å². The van der Waals surface area contributed by atoms with Crippen LogP contribution in [-0.4, -0.2) is 32.8 Å². The smallest absolute Gasteiger partial charge is 0.121 e. The molecule has 3 rings (SSSR count). The van der Waals surface area contributed by atoms with E-state index in [1.807, 2.05) is 0 Å². The van der Waals surface area contributed by atoms with Crippen LogP contribution in [0.4, 0.5) is 5.69 Å². The van der Waals surface area contributed by atoms with Gasteiger partial charge in [0.15, 0.2) is 0 Å². The number of fused-ring (bicyclic) bond motifs is 1. The molecule has 1 saturated heterocycles. The van der Waals surface area contributed by atoms with Crippen LogP contribution in [-0.2, 0) is 11.2 Å². The number of nitrogens with one attached hydrogen (secondary N) is 1. The monoisotopic (exact) mass is 271 g/mol. The number of likely N-dealkylation sites (N-methyl/N-ethyl adjacent to an activating group) is 1. The van der Waals surface area contributed by atoms with Crippen molar-refractivity contribution in [1.82, 2.24) is 5.32 Å². The van der Waals surface area contributed by atoms with Gasteiger partial charge < -0.3 is 9.64 Å². The zero-order chi connectivity index (χ0) is 13.9. The maximum atomic E-state index is 9.39. The SMILES string of the molecule is CN1CCc2cc(C(C#N)NCC3CCCO3)ccc21. The maximum Gasteiger partial charge on any atom is 0.121 e. The molecule has 1 N–H and O–H groups in total. The molecule has 1 aromatic carbocycles. The fourth-order valence-corrected chi connectivity index (χ4v) is 3.06. The summed E-state index contributed by atoms with van der Waals surface area (Å²) in [6, 6.07) is 8.50. The highest BCUT2D eigenvalue weighted by molar-refractivity contribution is 5.59. The predicted octanol–water partition coefficient (Wildman–Crippen LogP) is 2.01. The fourth-order valence-electron chi connectivity index (χ4n) is 3.06. The van der Waals surface area contributed by atoms with E-state index in [2.05, 4.69) is 41.5 Å². The van der Waals surface area contributed by atoms with Crippen molar-refractivity contribution in [2.45, 2.75) is 31.4 Å². The van der Waals surface area contributed by atoms with E-state index in [1.165, 1.54) is 11.3 Å². The highest BCUT2D eigenvalue weighted by Crippen LogP contribution is 2.29. The molecule has 0 spiro atoms. The predicted molar refractivity (Wildman–Crippen MR) is 78.7 cm³/mol. The van der Waals surface area contributed by atoms with Gasteiger partial charge in [-0.15, -0.1) is 0 Å². The lowest BCUT2D eigenvalue weighted by molar-refractivity contribution is 0.109. The standard InChI is InChI=1S/C16H21N3O/c1-19-7-6-13-9-12(4-5-16(13)19)15(10-17)18-11-14-3-2-8-20-14/h4-5,9,14-15,18H,2-3,6-8,11H2,1H3. The lowest BCUT2D eigenvalue weighted by Gasteiger charge is -2.17. The molecule has 20 heavy (non-hydrogen) atoms. The van der Waals surface area contributed by atoms with E-state index < -0.39 is 0 Å². The van der Waals surface area contributed by atoms with Crippen LogP contribution < -0.4 is 10.2 Å². The van der Waals surface area contributed by atoms with Crippen LogP contribution in [0.1, 0.15) is 30.0 Å². The maximum absolute atomic E-state index is 9.39. The molecule has 0 aromatic heterocycles. The number of ether oxygens (including phenoxy) is 1. The Bertz CT molecular complexity index is 517. The van der Waals surface area contributed by atoms with Crippen molar-refractivity contribution in [3.05, 3.63) is 29.3 Å². The molecule has 2 unspecified atom stereocenters. The summed E-state index contributed by atoms with van der Waals surface area (Å²) in [5.41, 5.74) is 3.72. The minimum Gasteiger partial charge on any atom is -0.377 e. The molecule has 1 fully saturated rings. The first-order valence-corrected chi connectivity index (χ1v) is 7.36. The van der Waals surface area contributed by atoms with Crippen LogP contribution in [0.5, 0.6) is 0 Å². The van der Waals surface area contributed by atoms with Gasteiger partial charge in [0.25, 0.3) is 0 Å². The molecule has 0 saturated carbocycles. The van der Waals surface area contributed by atoms with E-state index in [0.29, 0.717) is 0 Å². The molecule has 2 heterocycles. The van der Waals surface area contributed by atoms with E-state index >= 15 is 0 Å². The Morgan fingerprint density at radius 2 is 2.45 bits per heavy atom. The van der Waals surface area contributed by atoms with Crippen LogP contribution >= 0.6 is 0 Å². The van der Waals surface area contributed by atoms with E-state index in [9.17, 15) is 5.26 Å². The lowest BCUT2D eigenvalue weighted by atomic mass is 10.0. The van der Waals surface area contributed by atoms with Gasteiger partial charge in [-0.2, -0.15) is 5.26 Å². The molecular formula is C16H21N3O. The highest BCUT2D eigenvalue weighted by atomic mass is 16.5. The molecule has 0 radical (unpaired) electrons. The van der Waals surface area contributed by atoms with Crippen LogP contribution in [0.15, 0.2) is 18.2 Å². The van der Waals surface area contributed by atoms with Gasteiger partial charge in [0.05, 0.1) is 12.2 Å². The average molecular weight is 271 g/mol. The van der Waals surface area contributed by atoms with Gasteiger partial charge in [-0.25, -0.2) is 0 Å². The minimum absolute atomic E-state index is 0.240. The molecule has 2 atom stereocenters. The normalized spacial score (nSPS) is 22.6. The Morgan fingerprint density at radius 3 is 3.20 bits per heavy atom. The van der Waals surface area contributed by atoms with Crippen molar-refractivity contribution in [1.29, 1.82) is 5.26 Å². The third-order valence-electron chi connectivity index (χ3n) is 4.27. The minimum atomic E-state index is -0.240. The Labute approximate surface area is 120 Å². The molecule has 0 aliphatic carbocycles. The van der Waals surface area contributed by atoms with Crippen molar-refractivity contribution in [2.75, 3.05) is 31.6 Å². The summed E-state index contributed by atoms with van der Waals surface area (Å²) in [6.07, 6.45) is 3.57. The number of rotatable bonds is 4. The zero-order valence-corrected chi connectivity index (χ0v) is 11.9. The molecule has 0 bridgehead atoms. The largest absolute Gasteiger partial charge is 0.377 e. The topological polar surface area (TPSA) is 48.3 Å². The van der Waals surface area contributed by atoms with Gasteiger partial charge in [0.1, 0.15) is 6.04 Å². The third kappa shape index (κ3) is 2.65. The van der Waals surface area contributed by atoms with E-state index in [1.54, 1.807) is 0 Å². The number of nitriles is 1. The summed E-state index contributed by atoms with van der Waals surface area (Å²) in [7, 11) is 2.11. The van der Waals surface area contributed by atoms with Gasteiger partial charge in [-0.1, -0.05) is 12.1 Å². The average Bonchev–Trinajstić information content (AvgIpc) is 3.10. The van der Waals surface area contributed by atoms with E-state index in [-0.39, 0.29) is 12.1 Å². The Hall–Kier alpha value is -1.57. The summed E-state index contributed by atoms with van der Waals surface area (Å²) < 4.78 is 5.59. The van der Waals surface area contributed by atoms with Crippen LogP contribution in [0.3, 0.4) is 0 Å². The highest BCUT2D eigenvalue weighted by Gasteiger charge is 2.20. The molecule has 4 nitrogen and oxygen atoms in total. The van der Waals surface area contributed by atoms with Gasteiger partial charge in [0, 0.05) is 32.4 Å². The second kappa shape index (κ2) is 5.82. The van der Waals surface area contributed by atoms with Crippen molar-refractivity contribution < 1.29 is 4.74 Å². The first kappa shape index (κ1) is 13.4. The summed E-state index contributed by atoms with van der Waals surface area (Å²) in [5.74, 6) is 0. The third-order valence-corrected chi connectivity index (χ3v) is 4.27. The number of anilines is 1. The number of benzene rings is 1. The fraction of sp³-hybridized carbons (Fsp3) is 0.562. The van der Waals surface area contributed by atoms with Crippen molar-refractivity contribution >= 4 is 5.69 Å². The van der Waals surface area contributed by atoms with Gasteiger partial charge >= 0.3 is 0 Å². The van der Waals surface area contributed by atoms with Crippen LogP contribution in [0, 0.1) is 11.3 Å². The number of hydrogen-bond acceptors (Lipinski definition) is 4. The molecular weight excluding hydrogens is 250 g/mol. The molecule has 1 aromatic rings. The summed E-state index contributed by atoms with van der Waals surface area (Å²) in [4.78, 5) is 2.26. The second-order valence-electron chi connectivity index (χ2n) is 5.67. The van der Waals surface area contributed by atoms with E-state index in [4.69, 9.17) is 4.74 Å². The first-order chi connectivity index (χ1) is 9.78.